The minimum absolute atomic E-state index is 0.0132. The van der Waals surface area contributed by atoms with E-state index in [1.165, 1.54) is 39.9 Å². The molecule has 3 heterocycles. The van der Waals surface area contributed by atoms with Crippen molar-refractivity contribution in [1.29, 1.82) is 0 Å². The highest BCUT2D eigenvalue weighted by Crippen LogP contribution is 2.41. The van der Waals surface area contributed by atoms with Crippen molar-refractivity contribution in [3.63, 3.8) is 0 Å². The Morgan fingerprint density at radius 3 is 2.49 bits per heavy atom. The molecule has 1 aliphatic heterocycles. The van der Waals surface area contributed by atoms with E-state index in [2.05, 4.69) is 36.1 Å². The van der Waals surface area contributed by atoms with Crippen LogP contribution in [0.3, 0.4) is 0 Å². The Labute approximate surface area is 231 Å². The van der Waals surface area contributed by atoms with Gasteiger partial charge in [0, 0.05) is 55.2 Å². The number of nitro groups is 1. The smallest absolute Gasteiger partial charge is 0.269 e. The number of carbonyl (C=O) groups is 1. The van der Waals surface area contributed by atoms with Crippen LogP contribution < -0.4 is 4.90 Å². The number of carbonyl (C=O) groups excluding carboxylic acids is 1. The summed E-state index contributed by atoms with van der Waals surface area (Å²) in [6.45, 7) is 4.84. The molecule has 2 aromatic carbocycles. The number of thiophene rings is 1. The van der Waals surface area contributed by atoms with Gasteiger partial charge in [-0.05, 0) is 54.9 Å². The highest BCUT2D eigenvalue weighted by Gasteiger charge is 2.29. The summed E-state index contributed by atoms with van der Waals surface area (Å²) in [5.74, 6) is 2.48. The first-order valence-electron chi connectivity index (χ1n) is 13.6. The minimum Gasteiger partial charge on any atom is -0.352 e. The molecular formula is C30H31N5O3S. The first-order valence-corrected chi connectivity index (χ1v) is 14.4. The van der Waals surface area contributed by atoms with Gasteiger partial charge in [-0.15, -0.1) is 11.3 Å². The molecule has 1 atom stereocenters. The van der Waals surface area contributed by atoms with Crippen LogP contribution in [0.5, 0.6) is 0 Å². The second kappa shape index (κ2) is 10.7. The van der Waals surface area contributed by atoms with Gasteiger partial charge in [0.1, 0.15) is 16.5 Å². The van der Waals surface area contributed by atoms with Crippen LogP contribution in [0.15, 0.2) is 54.6 Å². The Balaban J connectivity index is 1.25. The fraction of sp³-hybridized carbons (Fsp3) is 0.367. The van der Waals surface area contributed by atoms with Gasteiger partial charge < -0.3 is 9.80 Å². The van der Waals surface area contributed by atoms with Crippen LogP contribution in [0.2, 0.25) is 0 Å². The highest BCUT2D eigenvalue weighted by molar-refractivity contribution is 7.19. The molecule has 6 rings (SSSR count). The van der Waals surface area contributed by atoms with Gasteiger partial charge in [-0.2, -0.15) is 0 Å². The van der Waals surface area contributed by atoms with E-state index in [0.717, 1.165) is 42.2 Å². The normalized spacial score (nSPS) is 17.3. The molecule has 39 heavy (non-hydrogen) atoms. The molecule has 0 radical (unpaired) electrons. The quantitative estimate of drug-likeness (QED) is 0.237. The number of hydrogen-bond donors (Lipinski definition) is 0. The number of benzene rings is 2. The van der Waals surface area contributed by atoms with Gasteiger partial charge in [0.15, 0.2) is 0 Å². The Morgan fingerprint density at radius 1 is 1.03 bits per heavy atom. The maximum atomic E-state index is 13.1. The molecule has 0 N–H and O–H groups in total. The van der Waals surface area contributed by atoms with E-state index in [-0.39, 0.29) is 11.6 Å². The highest BCUT2D eigenvalue weighted by atomic mass is 32.1. The number of nitrogens with zero attached hydrogens (tertiary/aromatic N) is 5. The average molecular weight is 542 g/mol. The van der Waals surface area contributed by atoms with Crippen molar-refractivity contribution in [3.8, 4) is 0 Å². The topological polar surface area (TPSA) is 92.5 Å². The number of amides is 1. The predicted molar refractivity (Wildman–Crippen MR) is 154 cm³/mol. The molecule has 9 heteroatoms. The predicted octanol–water partition coefficient (Wildman–Crippen LogP) is 5.47. The molecule has 1 aliphatic carbocycles. The van der Waals surface area contributed by atoms with E-state index in [1.807, 2.05) is 22.3 Å². The van der Waals surface area contributed by atoms with Gasteiger partial charge in [0.05, 0.1) is 10.3 Å². The molecule has 2 aromatic heterocycles. The van der Waals surface area contributed by atoms with Crippen molar-refractivity contribution in [2.24, 2.45) is 5.92 Å². The third-order valence-electron chi connectivity index (χ3n) is 7.85. The summed E-state index contributed by atoms with van der Waals surface area (Å²) < 4.78 is 0. The number of non-ortho nitro benzene ring substituents is 1. The van der Waals surface area contributed by atoms with Crippen LogP contribution in [0.4, 0.5) is 11.5 Å². The average Bonchev–Trinajstić information content (AvgIpc) is 3.33. The molecule has 2 aliphatic rings. The second-order valence-electron chi connectivity index (χ2n) is 10.6. The molecule has 1 amide bonds. The molecule has 4 aromatic rings. The maximum absolute atomic E-state index is 13.1. The van der Waals surface area contributed by atoms with Crippen molar-refractivity contribution in [2.45, 2.75) is 39.0 Å². The first-order chi connectivity index (χ1) is 19.0. The van der Waals surface area contributed by atoms with E-state index >= 15 is 0 Å². The second-order valence-corrected chi connectivity index (χ2v) is 11.6. The summed E-state index contributed by atoms with van der Waals surface area (Å²) in [4.78, 5) is 40.5. The maximum Gasteiger partial charge on any atom is 0.269 e. The van der Waals surface area contributed by atoms with E-state index in [0.29, 0.717) is 37.7 Å². The zero-order chi connectivity index (χ0) is 26.9. The minimum atomic E-state index is -0.451. The lowest BCUT2D eigenvalue weighted by atomic mass is 9.89. The van der Waals surface area contributed by atoms with Gasteiger partial charge in [-0.1, -0.05) is 37.3 Å². The van der Waals surface area contributed by atoms with Crippen LogP contribution in [0.25, 0.3) is 10.2 Å². The Hall–Kier alpha value is -3.85. The van der Waals surface area contributed by atoms with Gasteiger partial charge in [-0.3, -0.25) is 14.9 Å². The molecular weight excluding hydrogens is 510 g/mol. The van der Waals surface area contributed by atoms with Crippen molar-refractivity contribution < 1.29 is 9.72 Å². The van der Waals surface area contributed by atoms with Gasteiger partial charge in [-0.25, -0.2) is 9.97 Å². The van der Waals surface area contributed by atoms with E-state index in [4.69, 9.17) is 9.97 Å². The first kappa shape index (κ1) is 25.4. The number of nitro benzene ring substituents is 1. The molecule has 0 spiro atoms. The molecule has 0 bridgehead atoms. The summed E-state index contributed by atoms with van der Waals surface area (Å²) in [7, 11) is 0. The summed E-state index contributed by atoms with van der Waals surface area (Å²) in [5.41, 5.74) is 3.16. The van der Waals surface area contributed by atoms with Crippen molar-refractivity contribution in [1.82, 2.24) is 14.9 Å². The van der Waals surface area contributed by atoms with E-state index in [1.54, 1.807) is 12.1 Å². The fourth-order valence-corrected chi connectivity index (χ4v) is 7.03. The van der Waals surface area contributed by atoms with Crippen LogP contribution >= 0.6 is 11.3 Å². The lowest BCUT2D eigenvalue weighted by Gasteiger charge is -2.36. The van der Waals surface area contributed by atoms with Crippen molar-refractivity contribution in [3.05, 3.63) is 92.1 Å². The molecule has 1 saturated heterocycles. The van der Waals surface area contributed by atoms with Crippen LogP contribution in [-0.2, 0) is 25.7 Å². The molecule has 8 nitrogen and oxygen atoms in total. The van der Waals surface area contributed by atoms with Gasteiger partial charge in [0.25, 0.3) is 11.6 Å². The third-order valence-corrected chi connectivity index (χ3v) is 9.00. The Bertz CT molecular complexity index is 1510. The van der Waals surface area contributed by atoms with Crippen molar-refractivity contribution >= 4 is 39.0 Å². The number of aromatic nitrogens is 2. The van der Waals surface area contributed by atoms with E-state index in [9.17, 15) is 14.9 Å². The zero-order valence-corrected chi connectivity index (χ0v) is 22.8. The fourth-order valence-electron chi connectivity index (χ4n) is 5.64. The zero-order valence-electron chi connectivity index (χ0n) is 22.0. The van der Waals surface area contributed by atoms with Crippen molar-refractivity contribution in [2.75, 3.05) is 31.1 Å². The van der Waals surface area contributed by atoms with E-state index < -0.39 is 4.92 Å². The SMILES string of the molecule is CC1CCc2c(sc3nc(CCc4ccccc4)nc(N4CCN(C(=O)c5ccc([N+](=O)[O-])cc5)CC4)c23)C1. The van der Waals surface area contributed by atoms with Crippen LogP contribution in [0, 0.1) is 16.0 Å². The third kappa shape index (κ3) is 5.23. The lowest BCUT2D eigenvalue weighted by Crippen LogP contribution is -2.49. The number of fused-ring (bicyclic) bond motifs is 3. The molecule has 1 unspecified atom stereocenters. The molecule has 0 saturated carbocycles. The number of hydrogen-bond acceptors (Lipinski definition) is 7. The lowest BCUT2D eigenvalue weighted by molar-refractivity contribution is -0.384. The Morgan fingerprint density at radius 2 is 1.77 bits per heavy atom. The number of rotatable bonds is 6. The number of piperazine rings is 1. The van der Waals surface area contributed by atoms with Crippen LogP contribution in [0.1, 0.15) is 45.5 Å². The number of aryl methyl sites for hydroxylation is 3. The summed E-state index contributed by atoms with van der Waals surface area (Å²) in [6.07, 6.45) is 5.03. The van der Waals surface area contributed by atoms with Gasteiger partial charge >= 0.3 is 0 Å². The summed E-state index contributed by atoms with van der Waals surface area (Å²) in [5, 5.41) is 12.2. The van der Waals surface area contributed by atoms with Crippen LogP contribution in [-0.4, -0.2) is 51.9 Å². The molecule has 1 fully saturated rings. The monoisotopic (exact) mass is 541 g/mol. The summed E-state index contributed by atoms with van der Waals surface area (Å²) in [6, 6.07) is 16.3. The largest absolute Gasteiger partial charge is 0.352 e. The summed E-state index contributed by atoms with van der Waals surface area (Å²) >= 11 is 1.83. The number of anilines is 1. The molecule has 200 valence electrons. The standard InChI is InChI=1S/C30H31N5O3S/c1-20-7-13-24-25(19-20)39-29-27(24)28(31-26(32-29)14-8-21-5-3-2-4-6-21)33-15-17-34(18-16-33)30(36)22-9-11-23(12-10-22)35(37)38/h2-6,9-12,20H,7-8,13-19H2,1H3. The Kier molecular flexibility index (Phi) is 6.99. The van der Waals surface area contributed by atoms with Gasteiger partial charge in [0.2, 0.25) is 0 Å².